The van der Waals surface area contributed by atoms with Crippen LogP contribution < -0.4 is 11.1 Å². The molecule has 1 aliphatic heterocycles. The predicted octanol–water partition coefficient (Wildman–Crippen LogP) is 3.39. The number of benzene rings is 1. The van der Waals surface area contributed by atoms with Crippen molar-refractivity contribution in [2.24, 2.45) is 7.05 Å². The summed E-state index contributed by atoms with van der Waals surface area (Å²) in [5, 5.41) is 3.87. The first kappa shape index (κ1) is 22.1. The Labute approximate surface area is 198 Å². The lowest BCUT2D eigenvalue weighted by atomic mass is 9.76. The molecule has 0 atom stereocenters. The predicted molar refractivity (Wildman–Crippen MR) is 132 cm³/mol. The molecule has 2 fully saturated rings. The average Bonchev–Trinajstić information content (AvgIpc) is 3.43. The molecule has 3 heterocycles. The zero-order valence-electron chi connectivity index (χ0n) is 19.7. The van der Waals surface area contributed by atoms with E-state index in [0.717, 1.165) is 66.6 Å². The highest BCUT2D eigenvalue weighted by Gasteiger charge is 2.36. The van der Waals surface area contributed by atoms with Crippen LogP contribution in [0.4, 0.5) is 5.82 Å². The van der Waals surface area contributed by atoms with E-state index in [1.165, 1.54) is 6.33 Å². The van der Waals surface area contributed by atoms with Gasteiger partial charge in [0.2, 0.25) is 5.91 Å². The van der Waals surface area contributed by atoms with Crippen molar-refractivity contribution < 1.29 is 9.59 Å². The topological polar surface area (TPSA) is 106 Å². The van der Waals surface area contributed by atoms with Crippen molar-refractivity contribution in [3.05, 3.63) is 54.0 Å². The summed E-state index contributed by atoms with van der Waals surface area (Å²) in [5.41, 5.74) is 11.4. The summed E-state index contributed by atoms with van der Waals surface area (Å²) >= 11 is 0. The van der Waals surface area contributed by atoms with Gasteiger partial charge >= 0.3 is 0 Å². The van der Waals surface area contributed by atoms with Gasteiger partial charge in [-0.3, -0.25) is 9.59 Å². The molecule has 2 aliphatic rings. The molecule has 2 amide bonds. The number of nitrogen functional groups attached to an aromatic ring is 1. The van der Waals surface area contributed by atoms with Gasteiger partial charge in [0.05, 0.1) is 5.39 Å². The van der Waals surface area contributed by atoms with Crippen molar-refractivity contribution in [1.82, 2.24) is 24.8 Å². The SMILES string of the molecule is C=C(C)C(=O)NC1CC(c2c(-c3ccc(C(=O)N4CCCC4)cc3)c3c(N)ncnc3n2C)C1. The number of nitrogens with two attached hydrogens (primary N) is 1. The van der Waals surface area contributed by atoms with Gasteiger partial charge in [-0.25, -0.2) is 9.97 Å². The Morgan fingerprint density at radius 1 is 1.12 bits per heavy atom. The van der Waals surface area contributed by atoms with Crippen LogP contribution in [0.5, 0.6) is 0 Å². The molecule has 0 unspecified atom stereocenters. The normalized spacial score (nSPS) is 19.8. The minimum atomic E-state index is -0.103. The fourth-order valence-corrected chi connectivity index (χ4v) is 5.21. The second-order valence-electron chi connectivity index (χ2n) is 9.47. The van der Waals surface area contributed by atoms with Gasteiger partial charge in [0.1, 0.15) is 17.8 Å². The average molecular weight is 459 g/mol. The number of nitrogens with one attached hydrogen (secondary N) is 1. The largest absolute Gasteiger partial charge is 0.383 e. The van der Waals surface area contributed by atoms with Gasteiger partial charge in [-0.1, -0.05) is 18.7 Å². The maximum absolute atomic E-state index is 12.8. The van der Waals surface area contributed by atoms with E-state index < -0.39 is 0 Å². The molecule has 176 valence electrons. The lowest BCUT2D eigenvalue weighted by molar-refractivity contribution is -0.118. The quantitative estimate of drug-likeness (QED) is 0.570. The number of aromatic nitrogens is 3. The molecule has 5 rings (SSSR count). The molecule has 2 aromatic heterocycles. The molecule has 34 heavy (non-hydrogen) atoms. The minimum Gasteiger partial charge on any atom is -0.383 e. The number of likely N-dealkylation sites (tertiary alicyclic amines) is 1. The first-order chi connectivity index (χ1) is 16.3. The van der Waals surface area contributed by atoms with Crippen LogP contribution in [0.25, 0.3) is 22.2 Å². The summed E-state index contributed by atoms with van der Waals surface area (Å²) in [6, 6.07) is 7.90. The number of nitrogens with zero attached hydrogens (tertiary/aromatic N) is 4. The summed E-state index contributed by atoms with van der Waals surface area (Å²) in [7, 11) is 2.00. The third kappa shape index (κ3) is 3.73. The second-order valence-corrected chi connectivity index (χ2v) is 9.47. The Morgan fingerprint density at radius 3 is 2.44 bits per heavy atom. The van der Waals surface area contributed by atoms with Gasteiger partial charge in [-0.05, 0) is 50.3 Å². The number of hydrogen-bond acceptors (Lipinski definition) is 5. The van der Waals surface area contributed by atoms with Gasteiger partial charge in [0.25, 0.3) is 5.91 Å². The van der Waals surface area contributed by atoms with Gasteiger partial charge in [-0.2, -0.15) is 0 Å². The molecular formula is C26H30N6O2. The summed E-state index contributed by atoms with van der Waals surface area (Å²) in [4.78, 5) is 35.5. The van der Waals surface area contributed by atoms with E-state index >= 15 is 0 Å². The Hall–Kier alpha value is -3.68. The Morgan fingerprint density at radius 2 is 1.79 bits per heavy atom. The molecule has 3 N–H and O–H groups in total. The summed E-state index contributed by atoms with van der Waals surface area (Å²) in [6.45, 7) is 7.09. The number of carbonyl (C=O) groups is 2. The maximum Gasteiger partial charge on any atom is 0.253 e. The van der Waals surface area contributed by atoms with Crippen molar-refractivity contribution in [1.29, 1.82) is 0 Å². The highest BCUT2D eigenvalue weighted by atomic mass is 16.2. The van der Waals surface area contributed by atoms with Crippen molar-refractivity contribution in [2.45, 2.75) is 44.6 Å². The number of amides is 2. The van der Waals surface area contributed by atoms with Gasteiger partial charge in [-0.15, -0.1) is 0 Å². The monoisotopic (exact) mass is 458 g/mol. The van der Waals surface area contributed by atoms with E-state index in [0.29, 0.717) is 17.0 Å². The van der Waals surface area contributed by atoms with Crippen molar-refractivity contribution in [2.75, 3.05) is 18.8 Å². The molecule has 8 nitrogen and oxygen atoms in total. The zero-order chi connectivity index (χ0) is 24.0. The highest BCUT2D eigenvalue weighted by Crippen LogP contribution is 2.46. The molecule has 1 saturated heterocycles. The van der Waals surface area contributed by atoms with E-state index in [-0.39, 0.29) is 23.8 Å². The van der Waals surface area contributed by atoms with Crippen LogP contribution in [0.15, 0.2) is 42.7 Å². The van der Waals surface area contributed by atoms with E-state index in [1.807, 2.05) is 36.2 Å². The van der Waals surface area contributed by atoms with Crippen LogP contribution in [0.3, 0.4) is 0 Å². The number of carbonyl (C=O) groups excluding carboxylic acids is 2. The van der Waals surface area contributed by atoms with Crippen LogP contribution in [0.1, 0.15) is 54.6 Å². The third-order valence-electron chi connectivity index (χ3n) is 7.10. The van der Waals surface area contributed by atoms with Crippen LogP contribution in [0.2, 0.25) is 0 Å². The first-order valence-electron chi connectivity index (χ1n) is 11.8. The van der Waals surface area contributed by atoms with E-state index in [2.05, 4.69) is 26.4 Å². The van der Waals surface area contributed by atoms with Crippen LogP contribution in [0, 0.1) is 0 Å². The Balaban J connectivity index is 1.50. The Bertz CT molecular complexity index is 1280. The highest BCUT2D eigenvalue weighted by molar-refractivity contribution is 6.03. The van der Waals surface area contributed by atoms with Gasteiger partial charge in [0.15, 0.2) is 0 Å². The lowest BCUT2D eigenvalue weighted by Gasteiger charge is -2.37. The molecule has 0 radical (unpaired) electrons. The molecule has 0 bridgehead atoms. The van der Waals surface area contributed by atoms with E-state index in [4.69, 9.17) is 5.73 Å². The van der Waals surface area contributed by atoms with Crippen molar-refractivity contribution in [3.63, 3.8) is 0 Å². The summed E-state index contributed by atoms with van der Waals surface area (Å²) in [5.74, 6) is 0.662. The fraction of sp³-hybridized carbons (Fsp3) is 0.385. The standard InChI is InChI=1S/C26H30N6O2/c1-15(2)25(33)30-19-12-18(13-19)22-20(21-23(27)28-14-29-24(21)31(22)3)16-6-8-17(9-7-16)26(34)32-10-4-5-11-32/h6-9,14,18-19H,1,4-5,10-13H2,2-3H3,(H,30,33)(H2,27,28,29). The number of aryl methyl sites for hydroxylation is 1. The van der Waals surface area contributed by atoms with Gasteiger partial charge < -0.3 is 20.5 Å². The molecule has 1 aromatic carbocycles. The number of hydrogen-bond donors (Lipinski definition) is 2. The zero-order valence-corrected chi connectivity index (χ0v) is 19.7. The van der Waals surface area contributed by atoms with Crippen LogP contribution >= 0.6 is 0 Å². The lowest BCUT2D eigenvalue weighted by Crippen LogP contribution is -2.44. The number of rotatable bonds is 5. The molecular weight excluding hydrogens is 428 g/mol. The van der Waals surface area contributed by atoms with Gasteiger partial charge in [0, 0.05) is 54.5 Å². The summed E-state index contributed by atoms with van der Waals surface area (Å²) in [6.07, 6.45) is 5.28. The smallest absolute Gasteiger partial charge is 0.253 e. The Kier molecular flexibility index (Phi) is 5.59. The molecule has 1 saturated carbocycles. The van der Waals surface area contributed by atoms with Crippen LogP contribution in [-0.4, -0.2) is 50.4 Å². The van der Waals surface area contributed by atoms with Crippen molar-refractivity contribution >= 4 is 28.7 Å². The molecule has 0 spiro atoms. The molecule has 3 aromatic rings. The molecule has 1 aliphatic carbocycles. The second kappa shape index (κ2) is 8.59. The summed E-state index contributed by atoms with van der Waals surface area (Å²) < 4.78 is 2.09. The minimum absolute atomic E-state index is 0.0835. The van der Waals surface area contributed by atoms with Crippen molar-refractivity contribution in [3.8, 4) is 11.1 Å². The fourth-order valence-electron chi connectivity index (χ4n) is 5.21. The van der Waals surface area contributed by atoms with E-state index in [9.17, 15) is 9.59 Å². The van der Waals surface area contributed by atoms with Crippen LogP contribution in [-0.2, 0) is 11.8 Å². The van der Waals surface area contributed by atoms with E-state index in [1.54, 1.807) is 6.92 Å². The number of anilines is 1. The third-order valence-corrected chi connectivity index (χ3v) is 7.10. The number of fused-ring (bicyclic) bond motifs is 1. The first-order valence-corrected chi connectivity index (χ1v) is 11.8. The maximum atomic E-state index is 12.8. The molecule has 8 heteroatoms.